The van der Waals surface area contributed by atoms with Crippen LogP contribution in [0.15, 0.2) is 27.6 Å². The summed E-state index contributed by atoms with van der Waals surface area (Å²) in [6.07, 6.45) is 0.782. The molecule has 0 aliphatic rings. The maximum absolute atomic E-state index is 11.8. The summed E-state index contributed by atoms with van der Waals surface area (Å²) >= 11 is 5.28. The van der Waals surface area contributed by atoms with E-state index >= 15 is 0 Å². The molecule has 0 saturated carbocycles. The summed E-state index contributed by atoms with van der Waals surface area (Å²) in [7, 11) is -3.36. The third kappa shape index (κ3) is 3.69. The van der Waals surface area contributed by atoms with Crippen molar-refractivity contribution in [2.24, 2.45) is 0 Å². The standard InChI is InChI=1S/C9H11BrINO2S/c1-2-5-12-15(13,14)9-6-7(10)3-4-8(9)11/h3-4,6,12H,2,5H2,1H3. The lowest BCUT2D eigenvalue weighted by molar-refractivity contribution is 0.580. The highest BCUT2D eigenvalue weighted by atomic mass is 127. The normalized spacial score (nSPS) is 11.7. The van der Waals surface area contributed by atoms with Crippen LogP contribution in [0.4, 0.5) is 0 Å². The molecule has 1 aromatic carbocycles. The summed E-state index contributed by atoms with van der Waals surface area (Å²) in [5.74, 6) is 0. The Labute approximate surface area is 112 Å². The minimum atomic E-state index is -3.36. The molecule has 84 valence electrons. The van der Waals surface area contributed by atoms with Crippen LogP contribution in [-0.4, -0.2) is 15.0 Å². The maximum atomic E-state index is 11.8. The summed E-state index contributed by atoms with van der Waals surface area (Å²) in [6.45, 7) is 2.39. The number of nitrogens with one attached hydrogen (secondary N) is 1. The molecule has 1 rings (SSSR count). The van der Waals surface area contributed by atoms with Crippen molar-refractivity contribution in [3.05, 3.63) is 26.2 Å². The first-order chi connectivity index (χ1) is 6.97. The number of hydrogen-bond acceptors (Lipinski definition) is 2. The number of sulfonamides is 1. The number of hydrogen-bond donors (Lipinski definition) is 1. The van der Waals surface area contributed by atoms with Gasteiger partial charge in [0.05, 0.1) is 4.90 Å². The molecule has 1 N–H and O–H groups in total. The van der Waals surface area contributed by atoms with E-state index in [0.29, 0.717) is 11.4 Å². The molecule has 3 nitrogen and oxygen atoms in total. The van der Waals surface area contributed by atoms with Crippen molar-refractivity contribution in [1.29, 1.82) is 0 Å². The average molecular weight is 404 g/mol. The van der Waals surface area contributed by atoms with Crippen LogP contribution in [-0.2, 0) is 10.0 Å². The first kappa shape index (κ1) is 13.4. The van der Waals surface area contributed by atoms with Crippen LogP contribution in [0.25, 0.3) is 0 Å². The van der Waals surface area contributed by atoms with Crippen LogP contribution < -0.4 is 4.72 Å². The molecule has 0 aliphatic heterocycles. The molecule has 0 unspecified atom stereocenters. The molecule has 0 bridgehead atoms. The van der Waals surface area contributed by atoms with E-state index < -0.39 is 10.0 Å². The van der Waals surface area contributed by atoms with Gasteiger partial charge in [0, 0.05) is 14.6 Å². The summed E-state index contributed by atoms with van der Waals surface area (Å²) in [4.78, 5) is 0.325. The first-order valence-corrected chi connectivity index (χ1v) is 7.77. The van der Waals surface area contributed by atoms with Crippen molar-refractivity contribution < 1.29 is 8.42 Å². The zero-order chi connectivity index (χ0) is 11.5. The van der Waals surface area contributed by atoms with Gasteiger partial charge in [0.25, 0.3) is 0 Å². The van der Waals surface area contributed by atoms with Crippen molar-refractivity contribution in [1.82, 2.24) is 4.72 Å². The number of rotatable bonds is 4. The van der Waals surface area contributed by atoms with Gasteiger partial charge in [0.15, 0.2) is 0 Å². The molecule has 0 fully saturated rings. The molecule has 0 amide bonds. The SMILES string of the molecule is CCCNS(=O)(=O)c1cc(Br)ccc1I. The quantitative estimate of drug-likeness (QED) is 0.785. The Kier molecular flexibility index (Phi) is 5.01. The second-order valence-electron chi connectivity index (χ2n) is 2.97. The molecule has 0 spiro atoms. The van der Waals surface area contributed by atoms with Crippen molar-refractivity contribution in [3.63, 3.8) is 0 Å². The van der Waals surface area contributed by atoms with E-state index in [9.17, 15) is 8.42 Å². The van der Waals surface area contributed by atoms with Gasteiger partial charge in [0.2, 0.25) is 10.0 Å². The molecule has 6 heteroatoms. The summed E-state index contributed by atoms with van der Waals surface area (Å²) in [6, 6.07) is 5.20. The fourth-order valence-corrected chi connectivity index (χ4v) is 3.95. The average Bonchev–Trinajstić information content (AvgIpc) is 2.18. The van der Waals surface area contributed by atoms with Gasteiger partial charge in [-0.3, -0.25) is 0 Å². The lowest BCUT2D eigenvalue weighted by atomic mass is 10.4. The van der Waals surface area contributed by atoms with Gasteiger partial charge >= 0.3 is 0 Å². The Balaban J connectivity index is 3.09. The lowest BCUT2D eigenvalue weighted by Gasteiger charge is -2.07. The fourth-order valence-electron chi connectivity index (χ4n) is 0.997. The topological polar surface area (TPSA) is 46.2 Å². The summed E-state index contributed by atoms with van der Waals surface area (Å²) in [5.41, 5.74) is 0. The summed E-state index contributed by atoms with van der Waals surface area (Å²) in [5, 5.41) is 0. The molecule has 15 heavy (non-hydrogen) atoms. The van der Waals surface area contributed by atoms with Gasteiger partial charge in [-0.15, -0.1) is 0 Å². The van der Waals surface area contributed by atoms with Gasteiger partial charge in [-0.25, -0.2) is 13.1 Å². The van der Waals surface area contributed by atoms with E-state index in [0.717, 1.165) is 14.5 Å². The third-order valence-electron chi connectivity index (χ3n) is 1.72. The van der Waals surface area contributed by atoms with Crippen LogP contribution in [0.3, 0.4) is 0 Å². The zero-order valence-electron chi connectivity index (χ0n) is 8.13. The van der Waals surface area contributed by atoms with E-state index in [1.807, 2.05) is 35.6 Å². The Bertz CT molecular complexity index is 447. The van der Waals surface area contributed by atoms with E-state index in [1.165, 1.54) is 0 Å². The lowest BCUT2D eigenvalue weighted by Crippen LogP contribution is -2.25. The molecule has 0 heterocycles. The van der Waals surface area contributed by atoms with E-state index in [4.69, 9.17) is 0 Å². The van der Waals surface area contributed by atoms with Crippen molar-refractivity contribution in [2.75, 3.05) is 6.54 Å². The van der Waals surface area contributed by atoms with Crippen molar-refractivity contribution in [2.45, 2.75) is 18.2 Å². The smallest absolute Gasteiger partial charge is 0.211 e. The predicted molar refractivity (Wildman–Crippen MR) is 72.3 cm³/mol. The predicted octanol–water partition coefficient (Wildman–Crippen LogP) is 2.74. The molecule has 0 aliphatic carbocycles. The Morgan fingerprint density at radius 3 is 2.73 bits per heavy atom. The second-order valence-corrected chi connectivity index (χ2v) is 6.79. The van der Waals surface area contributed by atoms with Crippen molar-refractivity contribution in [3.8, 4) is 0 Å². The highest BCUT2D eigenvalue weighted by Gasteiger charge is 2.16. The minimum Gasteiger partial charge on any atom is -0.211 e. The highest BCUT2D eigenvalue weighted by Crippen LogP contribution is 2.22. The molecule has 0 atom stereocenters. The van der Waals surface area contributed by atoms with E-state index in [-0.39, 0.29) is 0 Å². The van der Waals surface area contributed by atoms with Gasteiger partial charge in [0.1, 0.15) is 0 Å². The number of halogens is 2. The van der Waals surface area contributed by atoms with Crippen LogP contribution in [0, 0.1) is 3.57 Å². The third-order valence-corrected chi connectivity index (χ3v) is 5.03. The monoisotopic (exact) mass is 403 g/mol. The maximum Gasteiger partial charge on any atom is 0.241 e. The summed E-state index contributed by atoms with van der Waals surface area (Å²) < 4.78 is 27.7. The van der Waals surface area contributed by atoms with Crippen LogP contribution >= 0.6 is 38.5 Å². The molecule has 1 aromatic rings. The Morgan fingerprint density at radius 1 is 1.47 bits per heavy atom. The van der Waals surface area contributed by atoms with Crippen LogP contribution in [0.2, 0.25) is 0 Å². The van der Waals surface area contributed by atoms with E-state index in [2.05, 4.69) is 20.7 Å². The van der Waals surface area contributed by atoms with Gasteiger partial charge in [-0.2, -0.15) is 0 Å². The fraction of sp³-hybridized carbons (Fsp3) is 0.333. The Morgan fingerprint density at radius 2 is 2.13 bits per heavy atom. The van der Waals surface area contributed by atoms with Crippen LogP contribution in [0.5, 0.6) is 0 Å². The molecule has 0 aromatic heterocycles. The molecule has 0 radical (unpaired) electrons. The highest BCUT2D eigenvalue weighted by molar-refractivity contribution is 14.1. The van der Waals surface area contributed by atoms with Gasteiger partial charge in [-0.1, -0.05) is 22.9 Å². The van der Waals surface area contributed by atoms with Crippen molar-refractivity contribution >= 4 is 48.5 Å². The van der Waals surface area contributed by atoms with E-state index in [1.54, 1.807) is 12.1 Å². The number of benzene rings is 1. The molecular formula is C9H11BrINO2S. The Hall–Kier alpha value is 0.340. The molecular weight excluding hydrogens is 393 g/mol. The first-order valence-electron chi connectivity index (χ1n) is 4.42. The van der Waals surface area contributed by atoms with Crippen LogP contribution in [0.1, 0.15) is 13.3 Å². The molecule has 0 saturated heterocycles. The zero-order valence-corrected chi connectivity index (χ0v) is 12.7. The van der Waals surface area contributed by atoms with Gasteiger partial charge in [-0.05, 0) is 47.2 Å². The van der Waals surface area contributed by atoms with Gasteiger partial charge < -0.3 is 0 Å². The second kappa shape index (κ2) is 5.60. The minimum absolute atomic E-state index is 0.325. The largest absolute Gasteiger partial charge is 0.241 e.